The summed E-state index contributed by atoms with van der Waals surface area (Å²) in [6.07, 6.45) is 5.10. The van der Waals surface area contributed by atoms with Crippen molar-refractivity contribution in [1.82, 2.24) is 4.90 Å². The Labute approximate surface area is 121 Å². The number of aliphatic carboxylic acids is 1. The third-order valence-electron chi connectivity index (χ3n) is 4.53. The monoisotopic (exact) mass is 275 g/mol. The fraction of sp³-hybridized carbons (Fsp3) is 0.588. The molecule has 0 aliphatic heterocycles. The molecule has 1 aliphatic rings. The van der Waals surface area contributed by atoms with Gasteiger partial charge in [0.05, 0.1) is 6.42 Å². The standard InChI is InChI=1S/C17H25NO2/c1-13-7-6-10-15(11-13)18(2)16(12-17(19)20)14-8-4-3-5-9-14/h3-5,8-9,13,15-16H,6-7,10-12H2,1-2H3,(H,19,20). The van der Waals surface area contributed by atoms with E-state index >= 15 is 0 Å². The number of nitrogens with zero attached hydrogens (tertiary/aromatic N) is 1. The molecule has 1 aromatic rings. The van der Waals surface area contributed by atoms with Crippen LogP contribution < -0.4 is 0 Å². The van der Waals surface area contributed by atoms with Gasteiger partial charge >= 0.3 is 5.97 Å². The third kappa shape index (κ3) is 3.83. The molecule has 1 fully saturated rings. The first kappa shape index (κ1) is 15.0. The van der Waals surface area contributed by atoms with Gasteiger partial charge < -0.3 is 5.11 Å². The van der Waals surface area contributed by atoms with Gasteiger partial charge in [0.15, 0.2) is 0 Å². The summed E-state index contributed by atoms with van der Waals surface area (Å²) < 4.78 is 0. The summed E-state index contributed by atoms with van der Waals surface area (Å²) in [6.45, 7) is 2.30. The van der Waals surface area contributed by atoms with Crippen LogP contribution in [0.1, 0.15) is 50.6 Å². The maximum atomic E-state index is 11.2. The SMILES string of the molecule is CC1CCCC(N(C)C(CC(=O)O)c2ccccc2)C1. The molecule has 110 valence electrons. The highest BCUT2D eigenvalue weighted by Crippen LogP contribution is 2.33. The van der Waals surface area contributed by atoms with Crippen molar-refractivity contribution in [1.29, 1.82) is 0 Å². The lowest BCUT2D eigenvalue weighted by atomic mass is 9.85. The zero-order chi connectivity index (χ0) is 14.5. The molecule has 3 unspecified atom stereocenters. The van der Waals surface area contributed by atoms with Crippen molar-refractivity contribution < 1.29 is 9.90 Å². The van der Waals surface area contributed by atoms with Crippen LogP contribution in [0.2, 0.25) is 0 Å². The van der Waals surface area contributed by atoms with Crippen LogP contribution in [0.15, 0.2) is 30.3 Å². The molecule has 1 saturated carbocycles. The minimum absolute atomic E-state index is 0.0241. The van der Waals surface area contributed by atoms with E-state index in [0.717, 1.165) is 11.5 Å². The Bertz CT molecular complexity index is 432. The zero-order valence-electron chi connectivity index (χ0n) is 12.5. The van der Waals surface area contributed by atoms with Crippen LogP contribution in [0.25, 0.3) is 0 Å². The predicted octanol–water partition coefficient (Wildman–Crippen LogP) is 3.71. The van der Waals surface area contributed by atoms with Crippen LogP contribution in [0.5, 0.6) is 0 Å². The van der Waals surface area contributed by atoms with E-state index in [0.29, 0.717) is 6.04 Å². The Hall–Kier alpha value is -1.35. The Morgan fingerprint density at radius 2 is 2.05 bits per heavy atom. The Morgan fingerprint density at radius 1 is 1.35 bits per heavy atom. The Morgan fingerprint density at radius 3 is 2.65 bits per heavy atom. The summed E-state index contributed by atoms with van der Waals surface area (Å²) in [5, 5.41) is 9.22. The van der Waals surface area contributed by atoms with Crippen molar-refractivity contribution in [2.75, 3.05) is 7.05 Å². The third-order valence-corrected chi connectivity index (χ3v) is 4.53. The van der Waals surface area contributed by atoms with Crippen LogP contribution in [0.3, 0.4) is 0 Å². The van der Waals surface area contributed by atoms with Crippen molar-refractivity contribution in [3.05, 3.63) is 35.9 Å². The first-order chi connectivity index (χ1) is 9.58. The molecule has 0 saturated heterocycles. The first-order valence-corrected chi connectivity index (χ1v) is 7.56. The van der Waals surface area contributed by atoms with E-state index in [9.17, 15) is 9.90 Å². The van der Waals surface area contributed by atoms with E-state index in [1.165, 1.54) is 25.7 Å². The molecular formula is C17H25NO2. The molecule has 1 aliphatic carbocycles. The Kier molecular flexibility index (Phi) is 5.18. The highest BCUT2D eigenvalue weighted by Gasteiger charge is 2.29. The van der Waals surface area contributed by atoms with Gasteiger partial charge in [0.25, 0.3) is 0 Å². The fourth-order valence-electron chi connectivity index (χ4n) is 3.36. The highest BCUT2D eigenvalue weighted by atomic mass is 16.4. The second kappa shape index (κ2) is 6.89. The highest BCUT2D eigenvalue weighted by molar-refractivity contribution is 5.68. The molecule has 0 aromatic heterocycles. The molecule has 1 N–H and O–H groups in total. The van der Waals surface area contributed by atoms with E-state index in [-0.39, 0.29) is 12.5 Å². The average molecular weight is 275 g/mol. The number of benzene rings is 1. The maximum absolute atomic E-state index is 11.2. The minimum Gasteiger partial charge on any atom is -0.481 e. The normalized spacial score (nSPS) is 24.6. The quantitative estimate of drug-likeness (QED) is 0.890. The number of hydrogen-bond acceptors (Lipinski definition) is 2. The van der Waals surface area contributed by atoms with Crippen LogP contribution in [-0.4, -0.2) is 29.1 Å². The Balaban J connectivity index is 2.15. The van der Waals surface area contributed by atoms with Gasteiger partial charge in [-0.25, -0.2) is 0 Å². The number of carbonyl (C=O) groups is 1. The second-order valence-electron chi connectivity index (χ2n) is 6.12. The maximum Gasteiger partial charge on any atom is 0.305 e. The predicted molar refractivity (Wildman–Crippen MR) is 80.6 cm³/mol. The van der Waals surface area contributed by atoms with Gasteiger partial charge in [0, 0.05) is 12.1 Å². The summed E-state index contributed by atoms with van der Waals surface area (Å²) >= 11 is 0. The lowest BCUT2D eigenvalue weighted by Crippen LogP contribution is -2.39. The molecule has 2 rings (SSSR count). The van der Waals surface area contributed by atoms with Gasteiger partial charge in [0.1, 0.15) is 0 Å². The van der Waals surface area contributed by atoms with Crippen molar-refractivity contribution in [3.8, 4) is 0 Å². The number of carboxylic acid groups (broad SMARTS) is 1. The largest absolute Gasteiger partial charge is 0.481 e. The summed E-state index contributed by atoms with van der Waals surface area (Å²) in [6, 6.07) is 10.5. The number of carboxylic acids is 1. The van der Waals surface area contributed by atoms with Crippen LogP contribution in [0, 0.1) is 5.92 Å². The molecule has 0 heterocycles. The van der Waals surface area contributed by atoms with Gasteiger partial charge in [-0.2, -0.15) is 0 Å². The van der Waals surface area contributed by atoms with Crippen molar-refractivity contribution >= 4 is 5.97 Å². The summed E-state index contributed by atoms with van der Waals surface area (Å²) in [5.41, 5.74) is 1.11. The summed E-state index contributed by atoms with van der Waals surface area (Å²) in [4.78, 5) is 13.5. The molecule has 20 heavy (non-hydrogen) atoms. The van der Waals surface area contributed by atoms with E-state index in [2.05, 4.69) is 18.9 Å². The fourth-order valence-corrected chi connectivity index (χ4v) is 3.36. The molecule has 1 aromatic carbocycles. The number of hydrogen-bond donors (Lipinski definition) is 1. The van der Waals surface area contributed by atoms with E-state index in [1.54, 1.807) is 0 Å². The summed E-state index contributed by atoms with van der Waals surface area (Å²) in [7, 11) is 2.09. The molecule has 3 atom stereocenters. The van der Waals surface area contributed by atoms with E-state index in [4.69, 9.17) is 0 Å². The van der Waals surface area contributed by atoms with Gasteiger partial charge in [-0.05, 0) is 31.4 Å². The first-order valence-electron chi connectivity index (χ1n) is 7.56. The topological polar surface area (TPSA) is 40.5 Å². The minimum atomic E-state index is -0.727. The van der Waals surface area contributed by atoms with E-state index < -0.39 is 5.97 Å². The van der Waals surface area contributed by atoms with Gasteiger partial charge in [-0.3, -0.25) is 9.69 Å². The van der Waals surface area contributed by atoms with Crippen molar-refractivity contribution in [2.24, 2.45) is 5.92 Å². The van der Waals surface area contributed by atoms with Crippen molar-refractivity contribution in [2.45, 2.75) is 51.1 Å². The molecular weight excluding hydrogens is 250 g/mol. The van der Waals surface area contributed by atoms with Crippen LogP contribution in [-0.2, 0) is 4.79 Å². The van der Waals surface area contributed by atoms with E-state index in [1.807, 2.05) is 30.3 Å². The van der Waals surface area contributed by atoms with Crippen molar-refractivity contribution in [3.63, 3.8) is 0 Å². The van der Waals surface area contributed by atoms with Gasteiger partial charge in [-0.1, -0.05) is 50.1 Å². The number of rotatable bonds is 5. The second-order valence-corrected chi connectivity index (χ2v) is 6.12. The molecule has 0 amide bonds. The zero-order valence-corrected chi connectivity index (χ0v) is 12.5. The lowest BCUT2D eigenvalue weighted by molar-refractivity contribution is -0.138. The molecule has 0 spiro atoms. The lowest BCUT2D eigenvalue weighted by Gasteiger charge is -2.38. The molecule has 0 bridgehead atoms. The van der Waals surface area contributed by atoms with Crippen LogP contribution >= 0.6 is 0 Å². The van der Waals surface area contributed by atoms with Gasteiger partial charge in [-0.15, -0.1) is 0 Å². The smallest absolute Gasteiger partial charge is 0.305 e. The van der Waals surface area contributed by atoms with Crippen LogP contribution in [0.4, 0.5) is 0 Å². The molecule has 0 radical (unpaired) electrons. The molecule has 3 heteroatoms. The average Bonchev–Trinajstić information content (AvgIpc) is 2.45. The molecule has 3 nitrogen and oxygen atoms in total. The summed E-state index contributed by atoms with van der Waals surface area (Å²) in [5.74, 6) is 0.0204. The van der Waals surface area contributed by atoms with Gasteiger partial charge in [0.2, 0.25) is 0 Å².